The van der Waals surface area contributed by atoms with Crippen LogP contribution in [-0.2, 0) is 9.53 Å². The molecule has 19 heavy (non-hydrogen) atoms. The van der Waals surface area contributed by atoms with E-state index in [0.29, 0.717) is 11.9 Å². The number of esters is 1. The number of H-pyrrole nitrogens is 1. The number of fused-ring (bicyclic) bond motifs is 1. The number of carbonyl (C=O) groups excluding carboxylic acids is 2. The van der Waals surface area contributed by atoms with Gasteiger partial charge < -0.3 is 10.1 Å². The van der Waals surface area contributed by atoms with Gasteiger partial charge in [0.25, 0.3) is 5.91 Å². The van der Waals surface area contributed by atoms with Gasteiger partial charge in [-0.15, -0.1) is 0 Å². The Morgan fingerprint density at radius 2 is 2.16 bits per heavy atom. The van der Waals surface area contributed by atoms with E-state index >= 15 is 0 Å². The smallest absolute Gasteiger partial charge is 0.360 e. The fraction of sp³-hybridized carbons (Fsp3) is 0.308. The Labute approximate surface area is 110 Å². The van der Waals surface area contributed by atoms with Crippen LogP contribution in [0, 0.1) is 0 Å². The van der Waals surface area contributed by atoms with Gasteiger partial charge >= 0.3 is 5.97 Å². The highest BCUT2D eigenvalue weighted by Crippen LogP contribution is 2.16. The standard InChI is InChI=1S/C13H15N3O3/c1-3-14-12(17)8(2)19-13(18)11-9-6-4-5-7-10(9)15-16-11/h4-8H,3H2,1-2H3,(H,14,17)(H,15,16)/t8-/m1/s1. The Kier molecular flexibility index (Phi) is 3.79. The maximum atomic E-state index is 12.0. The summed E-state index contributed by atoms with van der Waals surface area (Å²) in [5.41, 5.74) is 0.937. The minimum absolute atomic E-state index is 0.187. The van der Waals surface area contributed by atoms with E-state index in [1.165, 1.54) is 6.92 Å². The Morgan fingerprint density at radius 3 is 2.89 bits per heavy atom. The van der Waals surface area contributed by atoms with Gasteiger partial charge in [0.1, 0.15) is 0 Å². The third-order valence-electron chi connectivity index (χ3n) is 2.67. The van der Waals surface area contributed by atoms with Crippen LogP contribution in [0.15, 0.2) is 24.3 Å². The first kappa shape index (κ1) is 13.1. The van der Waals surface area contributed by atoms with E-state index in [1.807, 2.05) is 18.2 Å². The SMILES string of the molecule is CCNC(=O)[C@@H](C)OC(=O)c1n[nH]c2ccccc12. The van der Waals surface area contributed by atoms with Gasteiger partial charge in [0.15, 0.2) is 11.8 Å². The molecule has 1 amide bonds. The van der Waals surface area contributed by atoms with Crippen molar-refractivity contribution in [3.8, 4) is 0 Å². The minimum atomic E-state index is -0.845. The van der Waals surface area contributed by atoms with E-state index < -0.39 is 12.1 Å². The number of rotatable bonds is 4. The van der Waals surface area contributed by atoms with Gasteiger partial charge in [-0.2, -0.15) is 5.10 Å². The van der Waals surface area contributed by atoms with Crippen LogP contribution >= 0.6 is 0 Å². The molecule has 0 aliphatic heterocycles. The minimum Gasteiger partial charge on any atom is -0.448 e. The van der Waals surface area contributed by atoms with Crippen LogP contribution in [0.2, 0.25) is 0 Å². The van der Waals surface area contributed by atoms with Crippen molar-refractivity contribution in [2.24, 2.45) is 0 Å². The van der Waals surface area contributed by atoms with E-state index in [-0.39, 0.29) is 11.6 Å². The van der Waals surface area contributed by atoms with Crippen LogP contribution in [-0.4, -0.2) is 34.7 Å². The lowest BCUT2D eigenvalue weighted by molar-refractivity contribution is -0.128. The van der Waals surface area contributed by atoms with E-state index in [9.17, 15) is 9.59 Å². The summed E-state index contributed by atoms with van der Waals surface area (Å²) in [6.07, 6.45) is -0.845. The Hall–Kier alpha value is -2.37. The van der Waals surface area contributed by atoms with Crippen molar-refractivity contribution < 1.29 is 14.3 Å². The van der Waals surface area contributed by atoms with Crippen LogP contribution in [0.3, 0.4) is 0 Å². The zero-order valence-corrected chi connectivity index (χ0v) is 10.8. The van der Waals surface area contributed by atoms with Crippen molar-refractivity contribution in [2.45, 2.75) is 20.0 Å². The Bertz CT molecular complexity index is 606. The molecular weight excluding hydrogens is 246 g/mol. The molecule has 6 heteroatoms. The van der Waals surface area contributed by atoms with Crippen LogP contribution in [0.5, 0.6) is 0 Å². The highest BCUT2D eigenvalue weighted by Gasteiger charge is 2.21. The summed E-state index contributed by atoms with van der Waals surface area (Å²) in [6.45, 7) is 3.82. The van der Waals surface area contributed by atoms with Gasteiger partial charge in [-0.25, -0.2) is 4.79 Å². The quantitative estimate of drug-likeness (QED) is 0.811. The van der Waals surface area contributed by atoms with E-state index in [0.717, 1.165) is 5.52 Å². The molecule has 1 atom stereocenters. The number of ether oxygens (including phenoxy) is 1. The lowest BCUT2D eigenvalue weighted by Gasteiger charge is -2.11. The number of para-hydroxylation sites is 1. The summed E-state index contributed by atoms with van der Waals surface area (Å²) in [5.74, 6) is -0.938. The maximum Gasteiger partial charge on any atom is 0.360 e. The van der Waals surface area contributed by atoms with E-state index in [2.05, 4.69) is 15.5 Å². The third kappa shape index (κ3) is 2.73. The lowest BCUT2D eigenvalue weighted by Crippen LogP contribution is -2.35. The number of carbonyl (C=O) groups is 2. The fourth-order valence-electron chi connectivity index (χ4n) is 1.71. The molecule has 0 bridgehead atoms. The molecule has 0 fully saturated rings. The van der Waals surface area contributed by atoms with Gasteiger partial charge in [-0.3, -0.25) is 9.89 Å². The molecule has 0 spiro atoms. The molecule has 6 nitrogen and oxygen atoms in total. The second-order valence-corrected chi connectivity index (χ2v) is 4.06. The molecule has 1 aromatic carbocycles. The molecule has 2 aromatic rings. The number of nitrogens with one attached hydrogen (secondary N) is 2. The molecule has 1 heterocycles. The van der Waals surface area contributed by atoms with Gasteiger partial charge in [0.2, 0.25) is 0 Å². The number of likely N-dealkylation sites (N-methyl/N-ethyl adjacent to an activating group) is 1. The lowest BCUT2D eigenvalue weighted by atomic mass is 10.2. The van der Waals surface area contributed by atoms with Crippen molar-refractivity contribution in [3.63, 3.8) is 0 Å². The summed E-state index contributed by atoms with van der Waals surface area (Å²) in [6, 6.07) is 7.23. The monoisotopic (exact) mass is 261 g/mol. The van der Waals surface area contributed by atoms with Gasteiger partial charge in [-0.05, 0) is 19.9 Å². The van der Waals surface area contributed by atoms with Gasteiger partial charge in [0, 0.05) is 11.9 Å². The molecule has 0 radical (unpaired) electrons. The van der Waals surface area contributed by atoms with Crippen molar-refractivity contribution in [2.75, 3.05) is 6.54 Å². The first-order valence-corrected chi connectivity index (χ1v) is 6.05. The molecular formula is C13H15N3O3. The fourth-order valence-corrected chi connectivity index (χ4v) is 1.71. The van der Waals surface area contributed by atoms with Gasteiger partial charge in [-0.1, -0.05) is 18.2 Å². The van der Waals surface area contributed by atoms with E-state index in [4.69, 9.17) is 4.74 Å². The molecule has 0 aliphatic carbocycles. The number of hydrogen-bond acceptors (Lipinski definition) is 4. The molecule has 0 aliphatic rings. The summed E-state index contributed by atoms with van der Waals surface area (Å²) in [5, 5.41) is 9.93. The van der Waals surface area contributed by atoms with Crippen LogP contribution < -0.4 is 5.32 Å². The number of amides is 1. The predicted octanol–water partition coefficient (Wildman–Crippen LogP) is 1.24. The summed E-state index contributed by atoms with van der Waals surface area (Å²) in [7, 11) is 0. The van der Waals surface area contributed by atoms with Crippen molar-refractivity contribution in [3.05, 3.63) is 30.0 Å². The Balaban J connectivity index is 2.14. The summed E-state index contributed by atoms with van der Waals surface area (Å²) >= 11 is 0. The zero-order chi connectivity index (χ0) is 13.8. The largest absolute Gasteiger partial charge is 0.448 e. The second-order valence-electron chi connectivity index (χ2n) is 4.06. The molecule has 0 saturated carbocycles. The van der Waals surface area contributed by atoms with Crippen molar-refractivity contribution >= 4 is 22.8 Å². The number of aromatic amines is 1. The number of hydrogen-bond donors (Lipinski definition) is 2. The van der Waals surface area contributed by atoms with Crippen molar-refractivity contribution in [1.29, 1.82) is 0 Å². The number of benzene rings is 1. The number of nitrogens with zero attached hydrogens (tertiary/aromatic N) is 1. The molecule has 0 saturated heterocycles. The molecule has 100 valence electrons. The predicted molar refractivity (Wildman–Crippen MR) is 69.7 cm³/mol. The second kappa shape index (κ2) is 5.51. The average molecular weight is 261 g/mol. The highest BCUT2D eigenvalue weighted by molar-refractivity contribution is 6.02. The first-order valence-electron chi connectivity index (χ1n) is 6.05. The first-order chi connectivity index (χ1) is 9.13. The summed E-state index contributed by atoms with van der Waals surface area (Å²) in [4.78, 5) is 23.4. The normalized spacial score (nSPS) is 12.1. The molecule has 2 rings (SSSR count). The van der Waals surface area contributed by atoms with Crippen molar-refractivity contribution in [1.82, 2.24) is 15.5 Å². The van der Waals surface area contributed by atoms with E-state index in [1.54, 1.807) is 13.0 Å². The number of aromatic nitrogens is 2. The topological polar surface area (TPSA) is 84.1 Å². The highest BCUT2D eigenvalue weighted by atomic mass is 16.5. The maximum absolute atomic E-state index is 12.0. The zero-order valence-electron chi connectivity index (χ0n) is 10.8. The Morgan fingerprint density at radius 1 is 1.42 bits per heavy atom. The molecule has 2 N–H and O–H groups in total. The average Bonchev–Trinajstić information content (AvgIpc) is 2.82. The van der Waals surface area contributed by atoms with Crippen LogP contribution in [0.25, 0.3) is 10.9 Å². The molecule has 1 aromatic heterocycles. The van der Waals surface area contributed by atoms with Crippen LogP contribution in [0.4, 0.5) is 0 Å². The third-order valence-corrected chi connectivity index (χ3v) is 2.67. The van der Waals surface area contributed by atoms with Gasteiger partial charge in [0.05, 0.1) is 5.52 Å². The van der Waals surface area contributed by atoms with Crippen LogP contribution in [0.1, 0.15) is 24.3 Å². The molecule has 0 unspecified atom stereocenters. The summed E-state index contributed by atoms with van der Waals surface area (Å²) < 4.78 is 5.08.